The molecule has 3 amide bonds. The number of rotatable bonds is 11. The Kier molecular flexibility index (Phi) is 9.85. The first-order valence-electron chi connectivity index (χ1n) is 15.4. The summed E-state index contributed by atoms with van der Waals surface area (Å²) in [5.74, 6) is -0.419. The topological polar surface area (TPSA) is 94.7 Å². The molecule has 2 aliphatic rings. The monoisotopic (exact) mass is 576 g/mol. The van der Waals surface area contributed by atoms with Crippen LogP contribution in [0, 0.1) is 11.8 Å². The molecule has 1 unspecified atom stereocenters. The van der Waals surface area contributed by atoms with Crippen molar-refractivity contribution in [3.63, 3.8) is 0 Å². The molecule has 0 spiro atoms. The zero-order valence-electron chi connectivity index (χ0n) is 26.4. The second kappa shape index (κ2) is 13.2. The summed E-state index contributed by atoms with van der Waals surface area (Å²) >= 11 is 0. The van der Waals surface area contributed by atoms with E-state index in [1.54, 1.807) is 7.11 Å². The average Bonchev–Trinajstić information content (AvgIpc) is 3.34. The van der Waals surface area contributed by atoms with Crippen molar-refractivity contribution in [2.75, 3.05) is 33.3 Å². The van der Waals surface area contributed by atoms with Gasteiger partial charge in [0.05, 0.1) is 18.6 Å². The largest absolute Gasteiger partial charge is 0.497 e. The van der Waals surface area contributed by atoms with Crippen molar-refractivity contribution in [1.29, 1.82) is 0 Å². The van der Waals surface area contributed by atoms with E-state index in [1.807, 2.05) is 54.8 Å². The number of fused-ring (bicyclic) bond motifs is 5. The number of methoxy groups -OCH3 is 1. The Morgan fingerprint density at radius 1 is 1.19 bits per heavy atom. The third kappa shape index (κ3) is 6.13. The number of piperidine rings is 1. The molecule has 8 nitrogen and oxygen atoms in total. The molecule has 228 valence electrons. The number of H-pyrrole nitrogens is 1. The van der Waals surface area contributed by atoms with Gasteiger partial charge in [0, 0.05) is 55.1 Å². The lowest BCUT2D eigenvalue weighted by Crippen LogP contribution is -2.64. The number of carbonyl (C=O) groups is 3. The minimum Gasteiger partial charge on any atom is -0.497 e. The number of aromatic nitrogens is 1. The van der Waals surface area contributed by atoms with Crippen LogP contribution < -0.4 is 10.1 Å². The second-order valence-corrected chi connectivity index (χ2v) is 12.2. The zero-order chi connectivity index (χ0) is 30.6. The van der Waals surface area contributed by atoms with Gasteiger partial charge in [-0.05, 0) is 91.0 Å². The van der Waals surface area contributed by atoms with Crippen LogP contribution in [-0.4, -0.2) is 65.8 Å². The number of aromatic amines is 1. The van der Waals surface area contributed by atoms with E-state index in [2.05, 4.69) is 37.1 Å². The van der Waals surface area contributed by atoms with E-state index >= 15 is 0 Å². The SMILES string of the molecule is CCN(CC)C(=O)[C@H]1CC(CC(=O)NC/C=C(\C)CCC=C(C)C)C(=O)N2CCc3c([nH]c4ccc(OC)cc34)[C@]12C. The van der Waals surface area contributed by atoms with Crippen molar-refractivity contribution in [3.8, 4) is 5.75 Å². The van der Waals surface area contributed by atoms with Crippen LogP contribution in [0.15, 0.2) is 41.5 Å². The lowest BCUT2D eigenvalue weighted by Gasteiger charge is -2.54. The molecule has 1 saturated heterocycles. The molecule has 1 aromatic carbocycles. The normalized spacial score (nSPS) is 21.9. The van der Waals surface area contributed by atoms with Crippen LogP contribution in [0.2, 0.25) is 0 Å². The molecular formula is C34H48N4O4. The Bertz CT molecular complexity index is 1380. The number of amides is 3. The third-order valence-electron chi connectivity index (χ3n) is 9.23. The fourth-order valence-electron chi connectivity index (χ4n) is 6.77. The zero-order valence-corrected chi connectivity index (χ0v) is 26.4. The summed E-state index contributed by atoms with van der Waals surface area (Å²) in [5, 5.41) is 4.05. The minimum absolute atomic E-state index is 0.0319. The van der Waals surface area contributed by atoms with Crippen LogP contribution in [0.3, 0.4) is 0 Å². The van der Waals surface area contributed by atoms with E-state index in [-0.39, 0.29) is 24.1 Å². The van der Waals surface area contributed by atoms with E-state index in [9.17, 15) is 14.4 Å². The minimum atomic E-state index is -0.839. The van der Waals surface area contributed by atoms with E-state index in [0.29, 0.717) is 39.0 Å². The van der Waals surface area contributed by atoms with Gasteiger partial charge in [0.25, 0.3) is 0 Å². The molecule has 4 rings (SSSR count). The molecule has 0 bridgehead atoms. The Morgan fingerprint density at radius 3 is 2.60 bits per heavy atom. The highest BCUT2D eigenvalue weighted by Crippen LogP contribution is 2.50. The van der Waals surface area contributed by atoms with Gasteiger partial charge >= 0.3 is 0 Å². The summed E-state index contributed by atoms with van der Waals surface area (Å²) in [6.07, 6.45) is 7.28. The lowest BCUT2D eigenvalue weighted by atomic mass is 9.67. The number of ether oxygens (including phenoxy) is 1. The summed E-state index contributed by atoms with van der Waals surface area (Å²) in [4.78, 5) is 48.5. The maximum atomic E-state index is 14.1. The van der Waals surface area contributed by atoms with E-state index < -0.39 is 17.4 Å². The van der Waals surface area contributed by atoms with Gasteiger partial charge < -0.3 is 24.8 Å². The first-order chi connectivity index (χ1) is 20.0. The maximum Gasteiger partial charge on any atom is 0.228 e. The average molecular weight is 577 g/mol. The molecule has 1 aromatic heterocycles. The van der Waals surface area contributed by atoms with Gasteiger partial charge in [-0.3, -0.25) is 14.4 Å². The number of carbonyl (C=O) groups excluding carboxylic acids is 3. The van der Waals surface area contributed by atoms with Gasteiger partial charge in [0.2, 0.25) is 17.7 Å². The van der Waals surface area contributed by atoms with Gasteiger partial charge in [0.1, 0.15) is 5.75 Å². The molecule has 0 aliphatic carbocycles. The predicted molar refractivity (Wildman–Crippen MR) is 167 cm³/mol. The number of benzene rings is 1. The van der Waals surface area contributed by atoms with Crippen LogP contribution >= 0.6 is 0 Å². The summed E-state index contributed by atoms with van der Waals surface area (Å²) in [6, 6.07) is 5.95. The molecule has 2 aliphatic heterocycles. The molecule has 3 heterocycles. The summed E-state index contributed by atoms with van der Waals surface area (Å²) in [7, 11) is 1.65. The third-order valence-corrected chi connectivity index (χ3v) is 9.23. The van der Waals surface area contributed by atoms with Crippen molar-refractivity contribution in [3.05, 3.63) is 52.8 Å². The smallest absolute Gasteiger partial charge is 0.228 e. The van der Waals surface area contributed by atoms with Crippen LogP contribution in [0.4, 0.5) is 0 Å². The van der Waals surface area contributed by atoms with Gasteiger partial charge in [0.15, 0.2) is 0 Å². The fraction of sp³-hybridized carbons (Fsp3) is 0.559. The van der Waals surface area contributed by atoms with Gasteiger partial charge in [-0.25, -0.2) is 0 Å². The molecule has 0 radical (unpaired) electrons. The highest BCUT2D eigenvalue weighted by molar-refractivity contribution is 5.93. The molecule has 0 saturated carbocycles. The summed E-state index contributed by atoms with van der Waals surface area (Å²) < 4.78 is 5.49. The van der Waals surface area contributed by atoms with Crippen molar-refractivity contribution < 1.29 is 19.1 Å². The molecule has 3 atom stereocenters. The van der Waals surface area contributed by atoms with Crippen molar-refractivity contribution in [2.45, 2.75) is 79.2 Å². The number of allylic oxidation sites excluding steroid dienone is 3. The predicted octanol–water partition coefficient (Wildman–Crippen LogP) is 5.48. The molecule has 1 fully saturated rings. The Balaban J connectivity index is 1.59. The quantitative estimate of drug-likeness (QED) is 0.347. The van der Waals surface area contributed by atoms with Crippen molar-refractivity contribution in [2.24, 2.45) is 11.8 Å². The molecule has 8 heteroatoms. The number of hydrogen-bond donors (Lipinski definition) is 2. The van der Waals surface area contributed by atoms with Crippen molar-refractivity contribution >= 4 is 28.6 Å². The maximum absolute atomic E-state index is 14.1. The highest BCUT2D eigenvalue weighted by Gasteiger charge is 2.57. The van der Waals surface area contributed by atoms with Crippen LogP contribution in [0.25, 0.3) is 10.9 Å². The van der Waals surface area contributed by atoms with Crippen LogP contribution in [0.1, 0.15) is 78.5 Å². The Morgan fingerprint density at radius 2 is 1.93 bits per heavy atom. The molecule has 2 N–H and O–H groups in total. The van der Waals surface area contributed by atoms with Crippen LogP contribution in [-0.2, 0) is 26.3 Å². The van der Waals surface area contributed by atoms with Gasteiger partial charge in [-0.2, -0.15) is 0 Å². The lowest BCUT2D eigenvalue weighted by molar-refractivity contribution is -0.164. The van der Waals surface area contributed by atoms with Gasteiger partial charge in [-0.15, -0.1) is 0 Å². The molecular weight excluding hydrogens is 528 g/mol. The first kappa shape index (κ1) is 31.4. The first-order valence-corrected chi connectivity index (χ1v) is 15.4. The highest BCUT2D eigenvalue weighted by atomic mass is 16.5. The number of hydrogen-bond acceptors (Lipinski definition) is 4. The standard InChI is InChI=1S/C34H48N4O4/c1-8-37(9-2)33(41)28-19-24(20-30(39)35-17-15-23(5)12-10-11-22(3)4)32(40)38-18-16-26-27-21-25(42-7)13-14-29(27)36-31(26)34(28,38)6/h11,13-15,21,24,28,36H,8-10,12,16-20H2,1-7H3,(H,35,39)/b23-15+/t24?,28-,34+/m1/s1. The van der Waals surface area contributed by atoms with E-state index in [0.717, 1.165) is 40.8 Å². The molecule has 2 aromatic rings. The number of nitrogens with zero attached hydrogens (tertiary/aromatic N) is 2. The number of nitrogens with one attached hydrogen (secondary N) is 2. The van der Waals surface area contributed by atoms with E-state index in [4.69, 9.17) is 4.74 Å². The Labute approximate surface area is 250 Å². The molecule has 42 heavy (non-hydrogen) atoms. The van der Waals surface area contributed by atoms with Gasteiger partial charge in [-0.1, -0.05) is 23.3 Å². The Hall–Kier alpha value is -3.55. The fourth-order valence-corrected chi connectivity index (χ4v) is 6.77. The summed E-state index contributed by atoms with van der Waals surface area (Å²) in [6.45, 7) is 14.4. The van der Waals surface area contributed by atoms with Crippen LogP contribution in [0.5, 0.6) is 5.75 Å². The van der Waals surface area contributed by atoms with Crippen molar-refractivity contribution in [1.82, 2.24) is 20.1 Å². The summed E-state index contributed by atoms with van der Waals surface area (Å²) in [5.41, 5.74) is 4.72. The second-order valence-electron chi connectivity index (χ2n) is 12.2. The van der Waals surface area contributed by atoms with E-state index in [1.165, 1.54) is 11.1 Å².